The van der Waals surface area contributed by atoms with Gasteiger partial charge in [-0.2, -0.15) is 0 Å². The summed E-state index contributed by atoms with van der Waals surface area (Å²) in [6, 6.07) is 5.92. The Morgan fingerprint density at radius 2 is 2.11 bits per heavy atom. The minimum absolute atomic E-state index is 0.0801. The van der Waals surface area contributed by atoms with Crippen molar-refractivity contribution < 1.29 is 19.4 Å². The summed E-state index contributed by atoms with van der Waals surface area (Å²) in [5, 5.41) is 11.8. The zero-order chi connectivity index (χ0) is 13.7. The van der Waals surface area contributed by atoms with Gasteiger partial charge in [-0.1, -0.05) is 6.07 Å². The van der Waals surface area contributed by atoms with Gasteiger partial charge in [-0.25, -0.2) is 0 Å². The zero-order valence-corrected chi connectivity index (χ0v) is 11.0. The van der Waals surface area contributed by atoms with Crippen molar-refractivity contribution in [1.82, 2.24) is 5.32 Å². The van der Waals surface area contributed by atoms with Crippen molar-refractivity contribution >= 4 is 5.97 Å². The Balaban J connectivity index is 2.00. The summed E-state index contributed by atoms with van der Waals surface area (Å²) < 4.78 is 11.2. The maximum atomic E-state index is 10.5. The molecule has 0 spiro atoms. The topological polar surface area (TPSA) is 67.8 Å². The lowest BCUT2D eigenvalue weighted by molar-refractivity contribution is -0.136. The quantitative estimate of drug-likeness (QED) is 0.852. The Bertz CT molecular complexity index is 447. The Kier molecular flexibility index (Phi) is 4.63. The standard InChI is InChI=1S/C14H19NO4/c1-10(15-6-5-14(16)17)11-3-4-12-13(9-11)19-8-2-7-18-12/h3-4,9-10,15H,2,5-8H2,1H3,(H,16,17). The molecular weight excluding hydrogens is 246 g/mol. The van der Waals surface area contributed by atoms with Crippen LogP contribution >= 0.6 is 0 Å². The highest BCUT2D eigenvalue weighted by molar-refractivity contribution is 5.66. The van der Waals surface area contributed by atoms with Crippen LogP contribution in [0.1, 0.15) is 31.4 Å². The third-order valence-corrected chi connectivity index (χ3v) is 3.06. The molecule has 0 aromatic heterocycles. The van der Waals surface area contributed by atoms with Gasteiger partial charge in [0.05, 0.1) is 19.6 Å². The van der Waals surface area contributed by atoms with Crippen LogP contribution in [0.4, 0.5) is 0 Å². The molecule has 1 aliphatic heterocycles. The van der Waals surface area contributed by atoms with Gasteiger partial charge in [0.25, 0.3) is 0 Å². The lowest BCUT2D eigenvalue weighted by Crippen LogP contribution is -2.21. The van der Waals surface area contributed by atoms with Crippen molar-refractivity contribution in [3.8, 4) is 11.5 Å². The van der Waals surface area contributed by atoms with Crippen LogP contribution in [0.2, 0.25) is 0 Å². The predicted octanol–water partition coefficient (Wildman–Crippen LogP) is 1.97. The Morgan fingerprint density at radius 3 is 2.84 bits per heavy atom. The van der Waals surface area contributed by atoms with Gasteiger partial charge in [0.2, 0.25) is 0 Å². The molecule has 1 heterocycles. The van der Waals surface area contributed by atoms with Gasteiger partial charge in [-0.3, -0.25) is 4.79 Å². The highest BCUT2D eigenvalue weighted by atomic mass is 16.5. The molecule has 1 atom stereocenters. The van der Waals surface area contributed by atoms with E-state index in [4.69, 9.17) is 14.6 Å². The van der Waals surface area contributed by atoms with Crippen LogP contribution in [-0.2, 0) is 4.79 Å². The number of carboxylic acid groups (broad SMARTS) is 1. The summed E-state index contributed by atoms with van der Waals surface area (Å²) in [7, 11) is 0. The first-order chi connectivity index (χ1) is 9.16. The molecule has 1 unspecified atom stereocenters. The van der Waals surface area contributed by atoms with E-state index in [-0.39, 0.29) is 12.5 Å². The van der Waals surface area contributed by atoms with E-state index in [1.807, 2.05) is 25.1 Å². The molecule has 0 amide bonds. The first-order valence-electron chi connectivity index (χ1n) is 6.51. The van der Waals surface area contributed by atoms with Crippen molar-refractivity contribution in [2.45, 2.75) is 25.8 Å². The minimum atomic E-state index is -0.793. The Labute approximate surface area is 112 Å². The first kappa shape index (κ1) is 13.7. The summed E-state index contributed by atoms with van der Waals surface area (Å²) in [5.74, 6) is 0.749. The fraction of sp³-hybridized carbons (Fsp3) is 0.500. The van der Waals surface area contributed by atoms with Gasteiger partial charge in [-0.15, -0.1) is 0 Å². The number of nitrogens with one attached hydrogen (secondary N) is 1. The van der Waals surface area contributed by atoms with E-state index in [0.717, 1.165) is 23.5 Å². The maximum absolute atomic E-state index is 10.5. The fourth-order valence-electron chi connectivity index (χ4n) is 1.96. The number of aliphatic carboxylic acids is 1. The van der Waals surface area contributed by atoms with Crippen molar-refractivity contribution in [2.24, 2.45) is 0 Å². The summed E-state index contributed by atoms with van der Waals surface area (Å²) >= 11 is 0. The molecule has 1 aliphatic rings. The van der Waals surface area contributed by atoms with Crippen molar-refractivity contribution in [3.05, 3.63) is 23.8 Å². The van der Waals surface area contributed by atoms with Crippen molar-refractivity contribution in [3.63, 3.8) is 0 Å². The predicted molar refractivity (Wildman–Crippen MR) is 70.7 cm³/mol. The first-order valence-corrected chi connectivity index (χ1v) is 6.51. The van der Waals surface area contributed by atoms with E-state index in [1.54, 1.807) is 0 Å². The monoisotopic (exact) mass is 265 g/mol. The number of carbonyl (C=O) groups is 1. The summed E-state index contributed by atoms with van der Waals surface area (Å²) in [4.78, 5) is 10.5. The number of rotatable bonds is 5. The van der Waals surface area contributed by atoms with Gasteiger partial charge in [-0.05, 0) is 24.6 Å². The second-order valence-electron chi connectivity index (χ2n) is 4.58. The number of hydrogen-bond donors (Lipinski definition) is 2. The van der Waals surface area contributed by atoms with E-state index in [1.165, 1.54) is 0 Å². The molecule has 5 nitrogen and oxygen atoms in total. The Morgan fingerprint density at radius 1 is 1.37 bits per heavy atom. The van der Waals surface area contributed by atoms with E-state index < -0.39 is 5.97 Å². The van der Waals surface area contributed by atoms with Gasteiger partial charge >= 0.3 is 5.97 Å². The van der Waals surface area contributed by atoms with E-state index in [9.17, 15) is 4.79 Å². The molecule has 0 saturated carbocycles. The van der Waals surface area contributed by atoms with Crippen LogP contribution in [-0.4, -0.2) is 30.8 Å². The number of carboxylic acids is 1. The van der Waals surface area contributed by atoms with Crippen molar-refractivity contribution in [2.75, 3.05) is 19.8 Å². The lowest BCUT2D eigenvalue weighted by atomic mass is 10.1. The van der Waals surface area contributed by atoms with Gasteiger partial charge in [0, 0.05) is 19.0 Å². The molecule has 0 bridgehead atoms. The van der Waals surface area contributed by atoms with Crippen LogP contribution in [0.15, 0.2) is 18.2 Å². The minimum Gasteiger partial charge on any atom is -0.490 e. The molecule has 0 aliphatic carbocycles. The normalized spacial score (nSPS) is 15.6. The molecule has 1 aromatic carbocycles. The number of hydrogen-bond acceptors (Lipinski definition) is 4. The van der Waals surface area contributed by atoms with Crippen LogP contribution in [0.25, 0.3) is 0 Å². The molecular formula is C14H19NO4. The Hall–Kier alpha value is -1.75. The highest BCUT2D eigenvalue weighted by Crippen LogP contribution is 2.32. The third kappa shape index (κ3) is 3.86. The second kappa shape index (κ2) is 6.43. The number of benzene rings is 1. The highest BCUT2D eigenvalue weighted by Gasteiger charge is 2.13. The van der Waals surface area contributed by atoms with E-state index >= 15 is 0 Å². The summed E-state index contributed by atoms with van der Waals surface area (Å²) in [6.45, 7) is 3.79. The third-order valence-electron chi connectivity index (χ3n) is 3.06. The molecule has 0 radical (unpaired) electrons. The molecule has 5 heteroatoms. The van der Waals surface area contributed by atoms with E-state index in [2.05, 4.69) is 5.32 Å². The number of fused-ring (bicyclic) bond motifs is 1. The van der Waals surface area contributed by atoms with Crippen LogP contribution in [0.3, 0.4) is 0 Å². The zero-order valence-electron chi connectivity index (χ0n) is 11.0. The van der Waals surface area contributed by atoms with E-state index in [0.29, 0.717) is 19.8 Å². The smallest absolute Gasteiger partial charge is 0.304 e. The number of ether oxygens (including phenoxy) is 2. The van der Waals surface area contributed by atoms with Crippen LogP contribution in [0.5, 0.6) is 11.5 Å². The van der Waals surface area contributed by atoms with Crippen LogP contribution in [0, 0.1) is 0 Å². The second-order valence-corrected chi connectivity index (χ2v) is 4.58. The average Bonchev–Trinajstić information content (AvgIpc) is 2.62. The lowest BCUT2D eigenvalue weighted by Gasteiger charge is -2.16. The molecule has 2 rings (SSSR count). The molecule has 0 saturated heterocycles. The van der Waals surface area contributed by atoms with Gasteiger partial charge in [0.15, 0.2) is 11.5 Å². The largest absolute Gasteiger partial charge is 0.490 e. The molecule has 104 valence electrons. The maximum Gasteiger partial charge on any atom is 0.304 e. The average molecular weight is 265 g/mol. The van der Waals surface area contributed by atoms with Crippen molar-refractivity contribution in [1.29, 1.82) is 0 Å². The fourth-order valence-corrected chi connectivity index (χ4v) is 1.96. The molecule has 2 N–H and O–H groups in total. The SMILES string of the molecule is CC(NCCC(=O)O)c1ccc2c(c1)OCCCO2. The molecule has 0 fully saturated rings. The van der Waals surface area contributed by atoms with Gasteiger partial charge < -0.3 is 19.9 Å². The van der Waals surface area contributed by atoms with Crippen LogP contribution < -0.4 is 14.8 Å². The summed E-state index contributed by atoms with van der Waals surface area (Å²) in [6.07, 6.45) is 1.01. The molecule has 19 heavy (non-hydrogen) atoms. The molecule has 1 aromatic rings. The van der Waals surface area contributed by atoms with Gasteiger partial charge in [0.1, 0.15) is 0 Å². The summed E-state index contributed by atoms with van der Waals surface area (Å²) in [5.41, 5.74) is 1.06.